The van der Waals surface area contributed by atoms with Gasteiger partial charge in [0.25, 0.3) is 5.91 Å². The summed E-state index contributed by atoms with van der Waals surface area (Å²) in [6.45, 7) is 5.82. The van der Waals surface area contributed by atoms with Gasteiger partial charge in [-0.2, -0.15) is 0 Å². The van der Waals surface area contributed by atoms with Crippen LogP contribution in [-0.4, -0.2) is 35.1 Å². The van der Waals surface area contributed by atoms with Crippen LogP contribution < -0.4 is 10.1 Å². The van der Waals surface area contributed by atoms with Crippen molar-refractivity contribution in [2.24, 2.45) is 0 Å². The Labute approximate surface area is 150 Å². The molecule has 1 heterocycles. The number of nitrogens with zero attached hydrogens (tertiary/aromatic N) is 1. The van der Waals surface area contributed by atoms with Gasteiger partial charge in [0.15, 0.2) is 11.5 Å². The van der Waals surface area contributed by atoms with Gasteiger partial charge in [0.2, 0.25) is 0 Å². The van der Waals surface area contributed by atoms with E-state index in [0.717, 1.165) is 4.90 Å². The van der Waals surface area contributed by atoms with Gasteiger partial charge < -0.3 is 15.2 Å². The van der Waals surface area contributed by atoms with E-state index in [1.54, 1.807) is 13.0 Å². The second kappa shape index (κ2) is 7.18. The number of urea groups is 1. The Bertz CT molecular complexity index is 716. The molecular formula is C15H14Br2N2O4. The number of halogens is 2. The van der Waals surface area contributed by atoms with Gasteiger partial charge in [0.05, 0.1) is 11.1 Å². The van der Waals surface area contributed by atoms with Crippen LogP contribution in [0.25, 0.3) is 6.08 Å². The first-order chi connectivity index (χ1) is 10.9. The van der Waals surface area contributed by atoms with E-state index < -0.39 is 11.9 Å². The van der Waals surface area contributed by atoms with Crippen molar-refractivity contribution in [1.29, 1.82) is 0 Å². The van der Waals surface area contributed by atoms with E-state index in [1.807, 2.05) is 0 Å². The predicted molar refractivity (Wildman–Crippen MR) is 93.1 cm³/mol. The predicted octanol–water partition coefficient (Wildman–Crippen LogP) is 3.39. The monoisotopic (exact) mass is 444 g/mol. The number of benzene rings is 1. The van der Waals surface area contributed by atoms with Crippen LogP contribution in [-0.2, 0) is 4.79 Å². The summed E-state index contributed by atoms with van der Waals surface area (Å²) in [6.07, 6.45) is 2.99. The molecule has 2 rings (SSSR count). The lowest BCUT2D eigenvalue weighted by Gasteiger charge is -2.11. The van der Waals surface area contributed by atoms with Gasteiger partial charge in [0, 0.05) is 11.0 Å². The first kappa shape index (κ1) is 17.6. The van der Waals surface area contributed by atoms with Crippen LogP contribution >= 0.6 is 31.9 Å². The quantitative estimate of drug-likeness (QED) is 0.413. The molecule has 0 saturated carbocycles. The largest absolute Gasteiger partial charge is 0.503 e. The zero-order chi connectivity index (χ0) is 17.1. The van der Waals surface area contributed by atoms with Crippen molar-refractivity contribution >= 4 is 49.9 Å². The maximum atomic E-state index is 12.2. The molecule has 1 aromatic carbocycles. The summed E-state index contributed by atoms with van der Waals surface area (Å²) in [4.78, 5) is 25.0. The van der Waals surface area contributed by atoms with Gasteiger partial charge in [0.1, 0.15) is 5.70 Å². The number of imide groups is 1. The van der Waals surface area contributed by atoms with Crippen molar-refractivity contribution in [1.82, 2.24) is 10.2 Å². The van der Waals surface area contributed by atoms with Crippen LogP contribution in [0.15, 0.2) is 33.4 Å². The minimum atomic E-state index is -0.500. The maximum absolute atomic E-state index is 12.2. The molecule has 1 saturated heterocycles. The minimum Gasteiger partial charge on any atom is -0.503 e. The molecule has 0 unspecified atom stereocenters. The lowest BCUT2D eigenvalue weighted by Crippen LogP contribution is -2.30. The summed E-state index contributed by atoms with van der Waals surface area (Å²) < 4.78 is 6.29. The molecule has 0 radical (unpaired) electrons. The van der Waals surface area contributed by atoms with E-state index in [9.17, 15) is 14.7 Å². The Hall–Kier alpha value is -1.80. The van der Waals surface area contributed by atoms with Crippen molar-refractivity contribution in [2.75, 3.05) is 13.2 Å². The number of nitrogens with one attached hydrogen (secondary N) is 1. The highest BCUT2D eigenvalue weighted by Gasteiger charge is 2.32. The summed E-state index contributed by atoms with van der Waals surface area (Å²) in [5.41, 5.74) is 0.708. The van der Waals surface area contributed by atoms with Crippen LogP contribution in [0.5, 0.6) is 11.5 Å². The average Bonchev–Trinajstić information content (AvgIpc) is 2.78. The van der Waals surface area contributed by atoms with Crippen LogP contribution in [0.3, 0.4) is 0 Å². The van der Waals surface area contributed by atoms with Gasteiger partial charge in [-0.15, -0.1) is 6.58 Å². The zero-order valence-corrected chi connectivity index (χ0v) is 15.4. The van der Waals surface area contributed by atoms with Crippen molar-refractivity contribution in [3.05, 3.63) is 38.9 Å². The van der Waals surface area contributed by atoms with Crippen LogP contribution in [0, 0.1) is 0 Å². The van der Waals surface area contributed by atoms with Gasteiger partial charge >= 0.3 is 6.03 Å². The second-order valence-electron chi connectivity index (χ2n) is 4.57. The molecule has 0 spiro atoms. The van der Waals surface area contributed by atoms with E-state index in [-0.39, 0.29) is 23.7 Å². The van der Waals surface area contributed by atoms with Gasteiger partial charge in [-0.3, -0.25) is 9.69 Å². The average molecular weight is 446 g/mol. The number of hydrogen-bond acceptors (Lipinski definition) is 4. The highest BCUT2D eigenvalue weighted by molar-refractivity contribution is 9.13. The number of phenols is 1. The molecule has 23 heavy (non-hydrogen) atoms. The number of hydrogen-bond donors (Lipinski definition) is 2. The highest BCUT2D eigenvalue weighted by Crippen LogP contribution is 2.42. The lowest BCUT2D eigenvalue weighted by molar-refractivity contribution is -0.122. The topological polar surface area (TPSA) is 78.9 Å². The number of ether oxygens (including phenoxy) is 1. The van der Waals surface area contributed by atoms with Crippen molar-refractivity contribution < 1.29 is 19.4 Å². The summed E-state index contributed by atoms with van der Waals surface area (Å²) in [6, 6.07) is 1.08. The Kier molecular flexibility index (Phi) is 5.48. The number of phenolic OH excluding ortho intramolecular Hbond substituents is 1. The Morgan fingerprint density at radius 1 is 1.39 bits per heavy atom. The molecule has 1 aromatic rings. The van der Waals surface area contributed by atoms with Crippen LogP contribution in [0.1, 0.15) is 12.5 Å². The van der Waals surface area contributed by atoms with E-state index in [4.69, 9.17) is 4.74 Å². The van der Waals surface area contributed by atoms with Crippen molar-refractivity contribution in [3.8, 4) is 11.5 Å². The Balaban J connectivity index is 2.45. The molecule has 6 nitrogen and oxygen atoms in total. The molecule has 0 atom stereocenters. The van der Waals surface area contributed by atoms with Crippen LogP contribution in [0.2, 0.25) is 0 Å². The van der Waals surface area contributed by atoms with Crippen molar-refractivity contribution in [3.63, 3.8) is 0 Å². The summed E-state index contributed by atoms with van der Waals surface area (Å²) >= 11 is 6.61. The fraction of sp³-hybridized carbons (Fsp3) is 0.200. The maximum Gasteiger partial charge on any atom is 0.329 e. The molecular weight excluding hydrogens is 432 g/mol. The number of amides is 3. The third-order valence-corrected chi connectivity index (χ3v) is 5.21. The number of carbonyl (C=O) groups excluding carboxylic acids is 2. The molecule has 3 amide bonds. The third kappa shape index (κ3) is 3.42. The standard InChI is InChI=1S/C15H14Br2N2O4/c1-3-5-19-14(21)9(18-15(19)22)6-8-7-10(23-4-2)13(20)12(17)11(8)16/h3,6-7,20H,1,4-5H2,2H3,(H,18,22)/b9-6+. The third-order valence-electron chi connectivity index (χ3n) is 3.05. The van der Waals surface area contributed by atoms with E-state index in [1.165, 1.54) is 12.2 Å². The fourth-order valence-electron chi connectivity index (χ4n) is 2.00. The Morgan fingerprint density at radius 2 is 2.09 bits per heavy atom. The summed E-state index contributed by atoms with van der Waals surface area (Å²) in [5.74, 6) is -0.214. The zero-order valence-electron chi connectivity index (χ0n) is 12.2. The number of rotatable bonds is 5. The molecule has 2 N–H and O–H groups in total. The minimum absolute atomic E-state index is 0.0454. The van der Waals surface area contributed by atoms with Gasteiger partial charge in [-0.05, 0) is 56.5 Å². The molecule has 1 aliphatic rings. The molecule has 122 valence electrons. The smallest absolute Gasteiger partial charge is 0.329 e. The fourth-order valence-corrected chi connectivity index (χ4v) is 2.85. The van der Waals surface area contributed by atoms with Crippen molar-refractivity contribution in [2.45, 2.75) is 6.92 Å². The normalized spacial score (nSPS) is 16.0. The molecule has 0 aromatic heterocycles. The number of carbonyl (C=O) groups is 2. The first-order valence-electron chi connectivity index (χ1n) is 6.69. The second-order valence-corrected chi connectivity index (χ2v) is 6.15. The SMILES string of the molecule is C=CCN1C(=O)N/C(=C/c2cc(OCC)c(O)c(Br)c2Br)C1=O. The Morgan fingerprint density at radius 3 is 2.70 bits per heavy atom. The summed E-state index contributed by atoms with van der Waals surface area (Å²) in [5, 5.41) is 12.5. The van der Waals surface area contributed by atoms with Gasteiger partial charge in [-0.1, -0.05) is 6.08 Å². The lowest BCUT2D eigenvalue weighted by atomic mass is 10.1. The first-order valence-corrected chi connectivity index (χ1v) is 8.28. The highest BCUT2D eigenvalue weighted by atomic mass is 79.9. The molecule has 0 aliphatic carbocycles. The van der Waals surface area contributed by atoms with E-state index >= 15 is 0 Å². The van der Waals surface area contributed by atoms with Crippen LogP contribution in [0.4, 0.5) is 4.79 Å². The molecule has 1 aliphatic heterocycles. The van der Waals surface area contributed by atoms with Gasteiger partial charge in [-0.25, -0.2) is 4.79 Å². The van der Waals surface area contributed by atoms with E-state index in [0.29, 0.717) is 21.1 Å². The molecule has 1 fully saturated rings. The van der Waals surface area contributed by atoms with E-state index in [2.05, 4.69) is 43.8 Å². The summed E-state index contributed by atoms with van der Waals surface area (Å²) in [7, 11) is 0. The number of aromatic hydroxyl groups is 1. The molecule has 0 bridgehead atoms. The molecule has 8 heteroatoms.